The first-order valence-electron chi connectivity index (χ1n) is 3.75. The van der Waals surface area contributed by atoms with E-state index >= 15 is 0 Å². The predicted octanol–water partition coefficient (Wildman–Crippen LogP) is -0.517. The smallest absolute Gasteiger partial charge is 0.240 e. The number of likely N-dealkylation sites (tertiary alicyclic amines) is 1. The molecule has 2 amide bonds. The van der Waals surface area contributed by atoms with Crippen molar-refractivity contribution in [1.29, 1.82) is 0 Å². The molecule has 4 heteroatoms. The summed E-state index contributed by atoms with van der Waals surface area (Å²) in [4.78, 5) is 23.0. The van der Waals surface area contributed by atoms with Crippen molar-refractivity contribution in [3.63, 3.8) is 0 Å². The van der Waals surface area contributed by atoms with E-state index in [1.807, 2.05) is 6.92 Å². The first kappa shape index (κ1) is 8.04. The van der Waals surface area contributed by atoms with Crippen LogP contribution in [0.3, 0.4) is 0 Å². The fourth-order valence-corrected chi connectivity index (χ4v) is 1.23. The van der Waals surface area contributed by atoms with E-state index in [0.29, 0.717) is 13.0 Å². The minimum absolute atomic E-state index is 0.0376. The van der Waals surface area contributed by atoms with Crippen LogP contribution >= 0.6 is 0 Å². The van der Waals surface area contributed by atoms with Crippen molar-refractivity contribution in [3.05, 3.63) is 0 Å². The van der Waals surface area contributed by atoms with Gasteiger partial charge in [-0.25, -0.2) is 0 Å². The maximum Gasteiger partial charge on any atom is 0.240 e. The Balaban J connectivity index is 2.47. The fraction of sp³-hybridized carbons (Fsp3) is 0.714. The first-order chi connectivity index (χ1) is 5.16. The van der Waals surface area contributed by atoms with Crippen LogP contribution in [0.4, 0.5) is 0 Å². The van der Waals surface area contributed by atoms with Gasteiger partial charge >= 0.3 is 0 Å². The molecular weight excluding hydrogens is 144 g/mol. The van der Waals surface area contributed by atoms with E-state index in [2.05, 4.69) is 0 Å². The minimum atomic E-state index is -0.391. The Morgan fingerprint density at radius 2 is 2.45 bits per heavy atom. The van der Waals surface area contributed by atoms with Crippen LogP contribution in [0, 0.1) is 0 Å². The lowest BCUT2D eigenvalue weighted by Gasteiger charge is -2.37. The molecule has 0 aromatic rings. The third-order valence-corrected chi connectivity index (χ3v) is 1.86. The topological polar surface area (TPSA) is 63.4 Å². The summed E-state index contributed by atoms with van der Waals surface area (Å²) in [7, 11) is 0. The van der Waals surface area contributed by atoms with E-state index < -0.39 is 5.91 Å². The summed E-state index contributed by atoms with van der Waals surface area (Å²) in [6.45, 7) is 2.61. The van der Waals surface area contributed by atoms with Crippen LogP contribution in [-0.2, 0) is 9.59 Å². The number of rotatable bonds is 3. The highest BCUT2D eigenvalue weighted by Gasteiger charge is 2.38. The van der Waals surface area contributed by atoms with Crippen molar-refractivity contribution in [2.75, 3.05) is 6.54 Å². The summed E-state index contributed by atoms with van der Waals surface area (Å²) in [5, 5.41) is 0. The van der Waals surface area contributed by atoms with Crippen molar-refractivity contribution >= 4 is 11.8 Å². The molecule has 1 rings (SSSR count). The van der Waals surface area contributed by atoms with Gasteiger partial charge in [0.1, 0.15) is 6.04 Å². The molecule has 0 aromatic heterocycles. The molecule has 0 saturated carbocycles. The molecular formula is C7H12N2O2. The van der Waals surface area contributed by atoms with Gasteiger partial charge in [-0.15, -0.1) is 0 Å². The maximum absolute atomic E-state index is 10.9. The first-order valence-corrected chi connectivity index (χ1v) is 3.75. The summed E-state index contributed by atoms with van der Waals surface area (Å²) in [6.07, 6.45) is 1.17. The highest BCUT2D eigenvalue weighted by Crippen LogP contribution is 2.18. The molecule has 1 aliphatic heterocycles. The van der Waals surface area contributed by atoms with E-state index in [1.165, 1.54) is 4.90 Å². The second-order valence-corrected chi connectivity index (χ2v) is 2.71. The number of hydrogen-bond acceptors (Lipinski definition) is 2. The molecule has 0 aromatic carbocycles. The average Bonchev–Trinajstić information content (AvgIpc) is 1.95. The number of nitrogens with zero attached hydrogens (tertiary/aromatic N) is 1. The molecule has 0 aliphatic carbocycles. The molecule has 0 radical (unpaired) electrons. The fourth-order valence-electron chi connectivity index (χ4n) is 1.23. The number of nitrogens with two attached hydrogens (primary N) is 1. The van der Waals surface area contributed by atoms with Gasteiger partial charge in [0.15, 0.2) is 0 Å². The summed E-state index contributed by atoms with van der Waals surface area (Å²) in [5.74, 6) is -0.353. The second kappa shape index (κ2) is 2.90. The van der Waals surface area contributed by atoms with E-state index in [4.69, 9.17) is 5.73 Å². The summed E-state index contributed by atoms with van der Waals surface area (Å²) < 4.78 is 0. The maximum atomic E-state index is 10.9. The van der Waals surface area contributed by atoms with E-state index in [9.17, 15) is 9.59 Å². The Morgan fingerprint density at radius 1 is 1.82 bits per heavy atom. The minimum Gasteiger partial charge on any atom is -0.368 e. The SMILES string of the molecule is CCCN1C(=O)CC1C(N)=O. The zero-order chi connectivity index (χ0) is 8.43. The zero-order valence-corrected chi connectivity index (χ0v) is 6.54. The van der Waals surface area contributed by atoms with Crippen LogP contribution in [0.15, 0.2) is 0 Å². The Bertz CT molecular complexity index is 191. The highest BCUT2D eigenvalue weighted by atomic mass is 16.2. The quantitative estimate of drug-likeness (QED) is 0.559. The zero-order valence-electron chi connectivity index (χ0n) is 6.54. The molecule has 1 unspecified atom stereocenters. The van der Waals surface area contributed by atoms with Crippen LogP contribution in [0.1, 0.15) is 19.8 Å². The Hall–Kier alpha value is -1.06. The number of β-lactam (4-membered cyclic amide) rings is 1. The van der Waals surface area contributed by atoms with Gasteiger partial charge in [-0.3, -0.25) is 9.59 Å². The molecule has 4 nitrogen and oxygen atoms in total. The van der Waals surface area contributed by atoms with Crippen LogP contribution in [0.5, 0.6) is 0 Å². The predicted molar refractivity (Wildman–Crippen MR) is 39.6 cm³/mol. The van der Waals surface area contributed by atoms with E-state index in [1.54, 1.807) is 0 Å². The molecule has 1 atom stereocenters. The largest absolute Gasteiger partial charge is 0.368 e. The van der Waals surface area contributed by atoms with Gasteiger partial charge < -0.3 is 10.6 Å². The number of hydrogen-bond donors (Lipinski definition) is 1. The number of amides is 2. The van der Waals surface area contributed by atoms with Gasteiger partial charge in [0.25, 0.3) is 0 Å². The van der Waals surface area contributed by atoms with Crippen molar-refractivity contribution in [3.8, 4) is 0 Å². The number of carbonyl (C=O) groups is 2. The molecule has 0 bridgehead atoms. The molecule has 0 spiro atoms. The van der Waals surface area contributed by atoms with Crippen LogP contribution in [0.25, 0.3) is 0 Å². The van der Waals surface area contributed by atoms with Crippen molar-refractivity contribution in [2.24, 2.45) is 5.73 Å². The van der Waals surface area contributed by atoms with Gasteiger partial charge in [0, 0.05) is 6.54 Å². The summed E-state index contributed by atoms with van der Waals surface area (Å²) >= 11 is 0. The number of carbonyl (C=O) groups excluding carboxylic acids is 2. The lowest BCUT2D eigenvalue weighted by molar-refractivity contribution is -0.152. The molecule has 11 heavy (non-hydrogen) atoms. The molecule has 62 valence electrons. The molecule has 1 heterocycles. The monoisotopic (exact) mass is 156 g/mol. The molecule has 1 aliphatic rings. The summed E-state index contributed by atoms with van der Waals surface area (Å²) in [6, 6.07) is -0.331. The van der Waals surface area contributed by atoms with Crippen LogP contribution in [0.2, 0.25) is 0 Å². The molecule has 2 N–H and O–H groups in total. The summed E-state index contributed by atoms with van der Waals surface area (Å²) in [5.41, 5.74) is 5.05. The Kier molecular flexibility index (Phi) is 2.12. The standard InChI is InChI=1S/C7H12N2O2/c1-2-3-9-5(7(8)11)4-6(9)10/h5H,2-4H2,1H3,(H2,8,11). The van der Waals surface area contributed by atoms with Gasteiger partial charge in [0.2, 0.25) is 11.8 Å². The van der Waals surface area contributed by atoms with Crippen LogP contribution in [-0.4, -0.2) is 29.3 Å². The lowest BCUT2D eigenvalue weighted by atomic mass is 10.0. The Morgan fingerprint density at radius 3 is 2.82 bits per heavy atom. The highest BCUT2D eigenvalue weighted by molar-refractivity contribution is 5.96. The van der Waals surface area contributed by atoms with Crippen molar-refractivity contribution < 1.29 is 9.59 Å². The average molecular weight is 156 g/mol. The van der Waals surface area contributed by atoms with Crippen LogP contribution < -0.4 is 5.73 Å². The molecule has 1 saturated heterocycles. The van der Waals surface area contributed by atoms with Crippen molar-refractivity contribution in [1.82, 2.24) is 4.90 Å². The lowest BCUT2D eigenvalue weighted by Crippen LogP contribution is -2.58. The van der Waals surface area contributed by atoms with Gasteiger partial charge in [0.05, 0.1) is 6.42 Å². The second-order valence-electron chi connectivity index (χ2n) is 2.71. The van der Waals surface area contributed by atoms with E-state index in [-0.39, 0.29) is 11.9 Å². The Labute approximate surface area is 65.3 Å². The molecule has 1 fully saturated rings. The third kappa shape index (κ3) is 1.34. The van der Waals surface area contributed by atoms with Gasteiger partial charge in [-0.05, 0) is 6.42 Å². The van der Waals surface area contributed by atoms with Gasteiger partial charge in [-0.2, -0.15) is 0 Å². The third-order valence-electron chi connectivity index (χ3n) is 1.86. The van der Waals surface area contributed by atoms with Gasteiger partial charge in [-0.1, -0.05) is 6.92 Å². The normalized spacial score (nSPS) is 23.2. The number of primary amides is 1. The van der Waals surface area contributed by atoms with Crippen molar-refractivity contribution in [2.45, 2.75) is 25.8 Å². The van der Waals surface area contributed by atoms with E-state index in [0.717, 1.165) is 6.42 Å².